The Morgan fingerprint density at radius 3 is 3.12 bits per heavy atom. The monoisotopic (exact) mass is 346 g/mol. The second-order valence-electron chi connectivity index (χ2n) is 6.44. The number of H-pyrrole nitrogens is 1. The van der Waals surface area contributed by atoms with E-state index in [9.17, 15) is 4.79 Å². The van der Waals surface area contributed by atoms with Crippen molar-refractivity contribution >= 4 is 28.7 Å². The molecule has 0 radical (unpaired) electrons. The van der Waals surface area contributed by atoms with E-state index in [0.717, 1.165) is 42.9 Å². The predicted octanol–water partition coefficient (Wildman–Crippen LogP) is 2.86. The van der Waals surface area contributed by atoms with Gasteiger partial charge in [-0.1, -0.05) is 12.1 Å². The van der Waals surface area contributed by atoms with Crippen molar-refractivity contribution in [2.45, 2.75) is 31.4 Å². The Morgan fingerprint density at radius 1 is 1.46 bits per heavy atom. The third kappa shape index (κ3) is 4.74. The molecular weight excluding hydrogens is 320 g/mol. The number of rotatable bonds is 7. The molecule has 0 aliphatic carbocycles. The van der Waals surface area contributed by atoms with Gasteiger partial charge in [0.25, 0.3) is 0 Å². The van der Waals surface area contributed by atoms with Gasteiger partial charge in [0.2, 0.25) is 5.91 Å². The molecule has 5 nitrogen and oxygen atoms in total. The van der Waals surface area contributed by atoms with Crippen molar-refractivity contribution in [1.29, 1.82) is 0 Å². The van der Waals surface area contributed by atoms with Crippen molar-refractivity contribution in [2.75, 3.05) is 25.4 Å². The number of imidazole rings is 1. The highest BCUT2D eigenvalue weighted by Gasteiger charge is 2.15. The minimum atomic E-state index is 0.117. The van der Waals surface area contributed by atoms with Crippen LogP contribution in [0.2, 0.25) is 0 Å². The summed E-state index contributed by atoms with van der Waals surface area (Å²) in [6, 6.07) is 8.01. The zero-order valence-electron chi connectivity index (χ0n) is 14.2. The number of nitrogens with zero attached hydrogens (tertiary/aromatic N) is 1. The molecule has 1 aliphatic rings. The number of amides is 1. The van der Waals surface area contributed by atoms with E-state index in [1.54, 1.807) is 11.8 Å². The van der Waals surface area contributed by atoms with Crippen LogP contribution in [-0.2, 0) is 4.79 Å². The molecule has 130 valence electrons. The van der Waals surface area contributed by atoms with Crippen molar-refractivity contribution in [2.24, 2.45) is 5.92 Å². The molecule has 2 unspecified atom stereocenters. The van der Waals surface area contributed by atoms with Gasteiger partial charge >= 0.3 is 0 Å². The highest BCUT2D eigenvalue weighted by atomic mass is 32.2. The SMILES string of the molecule is CC(SCC(=O)NCCC1CCCNC1)c1nc2ccccc2[nH]1. The molecule has 0 saturated carbocycles. The summed E-state index contributed by atoms with van der Waals surface area (Å²) in [6.45, 7) is 5.10. The third-order valence-electron chi connectivity index (χ3n) is 4.53. The number of benzene rings is 1. The molecule has 2 aromatic rings. The van der Waals surface area contributed by atoms with Crippen molar-refractivity contribution < 1.29 is 4.79 Å². The molecule has 24 heavy (non-hydrogen) atoms. The number of carbonyl (C=O) groups excluding carboxylic acids is 1. The lowest BCUT2D eigenvalue weighted by molar-refractivity contribution is -0.118. The maximum Gasteiger partial charge on any atom is 0.230 e. The first-order chi connectivity index (χ1) is 11.7. The molecule has 0 bridgehead atoms. The Bertz CT molecular complexity index is 633. The first-order valence-electron chi connectivity index (χ1n) is 8.76. The Labute approximate surface area is 147 Å². The highest BCUT2D eigenvalue weighted by Crippen LogP contribution is 2.27. The van der Waals surface area contributed by atoms with Crippen LogP contribution in [0.1, 0.15) is 37.3 Å². The van der Waals surface area contributed by atoms with Gasteiger partial charge in [0.1, 0.15) is 5.82 Å². The summed E-state index contributed by atoms with van der Waals surface area (Å²) in [5.74, 6) is 2.23. The summed E-state index contributed by atoms with van der Waals surface area (Å²) < 4.78 is 0. The van der Waals surface area contributed by atoms with Gasteiger partial charge in [-0.05, 0) is 57.3 Å². The van der Waals surface area contributed by atoms with E-state index in [0.29, 0.717) is 11.7 Å². The maximum absolute atomic E-state index is 12.0. The minimum absolute atomic E-state index is 0.117. The number of piperidine rings is 1. The number of hydrogen-bond donors (Lipinski definition) is 3. The average Bonchev–Trinajstić information content (AvgIpc) is 3.05. The van der Waals surface area contributed by atoms with Crippen LogP contribution in [0.4, 0.5) is 0 Å². The minimum Gasteiger partial charge on any atom is -0.355 e. The smallest absolute Gasteiger partial charge is 0.230 e. The standard InChI is InChI=1S/C18H26N4OS/c1-13(18-21-15-6-2-3-7-16(15)22-18)24-12-17(23)20-10-8-14-5-4-9-19-11-14/h2-3,6-7,13-14,19H,4-5,8-12H2,1H3,(H,20,23)(H,21,22). The first kappa shape index (κ1) is 17.3. The van der Waals surface area contributed by atoms with E-state index in [1.807, 2.05) is 24.3 Å². The van der Waals surface area contributed by atoms with Crippen molar-refractivity contribution in [3.63, 3.8) is 0 Å². The van der Waals surface area contributed by atoms with E-state index in [-0.39, 0.29) is 11.2 Å². The molecule has 1 aromatic carbocycles. The number of fused-ring (bicyclic) bond motifs is 1. The van der Waals surface area contributed by atoms with Gasteiger partial charge in [-0.3, -0.25) is 4.79 Å². The van der Waals surface area contributed by atoms with Gasteiger partial charge < -0.3 is 15.6 Å². The van der Waals surface area contributed by atoms with Gasteiger partial charge in [-0.2, -0.15) is 0 Å². The number of carbonyl (C=O) groups is 1. The van der Waals surface area contributed by atoms with Crippen LogP contribution in [-0.4, -0.2) is 41.3 Å². The second kappa shape index (κ2) is 8.53. The van der Waals surface area contributed by atoms with Crippen LogP contribution in [0.5, 0.6) is 0 Å². The number of nitrogens with one attached hydrogen (secondary N) is 3. The first-order valence-corrected chi connectivity index (χ1v) is 9.81. The molecule has 3 N–H and O–H groups in total. The van der Waals surface area contributed by atoms with Crippen LogP contribution in [0.15, 0.2) is 24.3 Å². The number of para-hydroxylation sites is 2. The zero-order chi connectivity index (χ0) is 16.8. The van der Waals surface area contributed by atoms with E-state index < -0.39 is 0 Å². The molecule has 1 fully saturated rings. The van der Waals surface area contributed by atoms with Crippen LogP contribution < -0.4 is 10.6 Å². The van der Waals surface area contributed by atoms with Gasteiger partial charge in [0.15, 0.2) is 0 Å². The molecular formula is C18H26N4OS. The Kier molecular flexibility index (Phi) is 6.15. The second-order valence-corrected chi connectivity index (χ2v) is 7.77. The molecule has 1 aliphatic heterocycles. The van der Waals surface area contributed by atoms with E-state index in [4.69, 9.17) is 0 Å². The quantitative estimate of drug-likeness (QED) is 0.721. The fourth-order valence-electron chi connectivity index (χ4n) is 3.08. The summed E-state index contributed by atoms with van der Waals surface area (Å²) in [6.07, 6.45) is 3.60. The van der Waals surface area contributed by atoms with E-state index >= 15 is 0 Å². The molecule has 0 spiro atoms. The van der Waals surface area contributed by atoms with Gasteiger partial charge in [-0.25, -0.2) is 4.98 Å². The lowest BCUT2D eigenvalue weighted by atomic mass is 9.96. The fourth-order valence-corrected chi connectivity index (χ4v) is 3.85. The van der Waals surface area contributed by atoms with Crippen molar-refractivity contribution in [3.8, 4) is 0 Å². The van der Waals surface area contributed by atoms with Gasteiger partial charge in [-0.15, -0.1) is 11.8 Å². The van der Waals surface area contributed by atoms with Crippen LogP contribution >= 0.6 is 11.8 Å². The molecule has 6 heteroatoms. The maximum atomic E-state index is 12.0. The van der Waals surface area contributed by atoms with E-state index in [2.05, 4.69) is 27.5 Å². The van der Waals surface area contributed by atoms with Crippen LogP contribution in [0.3, 0.4) is 0 Å². The largest absolute Gasteiger partial charge is 0.355 e. The summed E-state index contributed by atoms with van der Waals surface area (Å²) >= 11 is 1.62. The Balaban J connectivity index is 1.38. The highest BCUT2D eigenvalue weighted by molar-refractivity contribution is 8.00. The Morgan fingerprint density at radius 2 is 2.33 bits per heavy atom. The number of hydrogen-bond acceptors (Lipinski definition) is 4. The molecule has 3 rings (SSSR count). The van der Waals surface area contributed by atoms with E-state index in [1.165, 1.54) is 12.8 Å². The normalized spacial score (nSPS) is 19.3. The summed E-state index contributed by atoms with van der Waals surface area (Å²) in [7, 11) is 0. The molecule has 2 heterocycles. The lowest BCUT2D eigenvalue weighted by Gasteiger charge is -2.22. The topological polar surface area (TPSA) is 69.8 Å². The summed E-state index contributed by atoms with van der Waals surface area (Å²) in [5, 5.41) is 6.63. The van der Waals surface area contributed by atoms with Crippen molar-refractivity contribution in [3.05, 3.63) is 30.1 Å². The van der Waals surface area contributed by atoms with Gasteiger partial charge in [0.05, 0.1) is 22.0 Å². The van der Waals surface area contributed by atoms with Crippen LogP contribution in [0.25, 0.3) is 11.0 Å². The predicted molar refractivity (Wildman–Crippen MR) is 100 cm³/mol. The molecule has 1 aromatic heterocycles. The number of thioether (sulfide) groups is 1. The van der Waals surface area contributed by atoms with Crippen LogP contribution in [0, 0.1) is 5.92 Å². The average molecular weight is 346 g/mol. The molecule has 1 amide bonds. The molecule has 1 saturated heterocycles. The number of aromatic nitrogens is 2. The fraction of sp³-hybridized carbons (Fsp3) is 0.556. The lowest BCUT2D eigenvalue weighted by Crippen LogP contribution is -2.33. The Hall–Kier alpha value is -1.53. The molecule has 2 atom stereocenters. The zero-order valence-corrected chi connectivity index (χ0v) is 15.0. The number of aromatic amines is 1. The summed E-state index contributed by atoms with van der Waals surface area (Å²) in [5.41, 5.74) is 2.02. The van der Waals surface area contributed by atoms with Crippen molar-refractivity contribution in [1.82, 2.24) is 20.6 Å². The van der Waals surface area contributed by atoms with Gasteiger partial charge in [0, 0.05) is 6.54 Å². The summed E-state index contributed by atoms with van der Waals surface area (Å²) in [4.78, 5) is 19.9. The third-order valence-corrected chi connectivity index (χ3v) is 5.68.